The molecular formula is C12H14O4. The predicted octanol–water partition coefficient (Wildman–Crippen LogP) is 1.70. The molecule has 1 N–H and O–H groups in total. The molecule has 86 valence electrons. The van der Waals surface area contributed by atoms with Crippen LogP contribution in [0.1, 0.15) is 29.3 Å². The number of carbonyl (C=O) groups is 2. The third kappa shape index (κ3) is 3.08. The Labute approximate surface area is 93.9 Å². The van der Waals surface area contributed by atoms with Crippen molar-refractivity contribution in [2.24, 2.45) is 0 Å². The van der Waals surface area contributed by atoms with E-state index in [0.717, 1.165) is 6.29 Å². The molecule has 0 aliphatic carbocycles. The monoisotopic (exact) mass is 222 g/mol. The number of hydrogen-bond acceptors (Lipinski definition) is 4. The zero-order valence-electron chi connectivity index (χ0n) is 9.10. The van der Waals surface area contributed by atoms with Crippen molar-refractivity contribution in [1.82, 2.24) is 0 Å². The first kappa shape index (κ1) is 12.2. The second kappa shape index (κ2) is 5.90. The van der Waals surface area contributed by atoms with Gasteiger partial charge >= 0.3 is 5.97 Å². The van der Waals surface area contributed by atoms with Gasteiger partial charge in [0.25, 0.3) is 0 Å². The van der Waals surface area contributed by atoms with Crippen molar-refractivity contribution in [1.29, 1.82) is 0 Å². The summed E-state index contributed by atoms with van der Waals surface area (Å²) in [6, 6.07) is 4.57. The average Bonchev–Trinajstić information content (AvgIpc) is 2.27. The summed E-state index contributed by atoms with van der Waals surface area (Å²) >= 11 is 0. The molecule has 0 saturated heterocycles. The summed E-state index contributed by atoms with van der Waals surface area (Å²) in [6.07, 6.45) is 1.61. The molecule has 0 bridgehead atoms. The molecular weight excluding hydrogens is 208 g/mol. The topological polar surface area (TPSA) is 63.6 Å². The van der Waals surface area contributed by atoms with E-state index in [1.807, 2.05) is 0 Å². The number of esters is 1. The molecule has 0 amide bonds. The van der Waals surface area contributed by atoms with Gasteiger partial charge in [0.05, 0.1) is 12.2 Å². The summed E-state index contributed by atoms with van der Waals surface area (Å²) in [5, 5.41) is 9.61. The highest BCUT2D eigenvalue weighted by Gasteiger charge is 2.09. The van der Waals surface area contributed by atoms with Crippen LogP contribution >= 0.6 is 0 Å². The molecule has 0 heterocycles. The van der Waals surface area contributed by atoms with Gasteiger partial charge in [0, 0.05) is 6.42 Å². The van der Waals surface area contributed by atoms with Crippen molar-refractivity contribution in [3.8, 4) is 5.75 Å². The first-order valence-corrected chi connectivity index (χ1v) is 5.11. The van der Waals surface area contributed by atoms with Crippen molar-refractivity contribution in [2.75, 3.05) is 6.61 Å². The standard InChI is InChI=1S/C12H14O4/c1-2-16-12(15)10-6-5-9(4-3-7-13)11(14)8-10/h5-8,14H,2-4H2,1H3. The van der Waals surface area contributed by atoms with Crippen LogP contribution in [0, 0.1) is 0 Å². The van der Waals surface area contributed by atoms with Gasteiger partial charge in [-0.3, -0.25) is 0 Å². The van der Waals surface area contributed by atoms with Gasteiger partial charge in [-0.25, -0.2) is 4.79 Å². The quantitative estimate of drug-likeness (QED) is 0.608. The zero-order valence-corrected chi connectivity index (χ0v) is 9.10. The first-order chi connectivity index (χ1) is 7.69. The molecule has 0 radical (unpaired) electrons. The van der Waals surface area contributed by atoms with E-state index in [1.54, 1.807) is 19.1 Å². The van der Waals surface area contributed by atoms with Crippen molar-refractivity contribution in [3.05, 3.63) is 29.3 Å². The minimum absolute atomic E-state index is 0.0207. The number of phenolic OH excluding ortho intramolecular Hbond substituents is 1. The lowest BCUT2D eigenvalue weighted by Crippen LogP contribution is -2.04. The van der Waals surface area contributed by atoms with Crippen LogP contribution in [0.2, 0.25) is 0 Å². The minimum atomic E-state index is -0.459. The number of ether oxygens (including phenoxy) is 1. The second-order valence-electron chi connectivity index (χ2n) is 3.27. The molecule has 0 saturated carbocycles. The van der Waals surface area contributed by atoms with E-state index in [1.165, 1.54) is 6.07 Å². The molecule has 0 fully saturated rings. The molecule has 16 heavy (non-hydrogen) atoms. The second-order valence-corrected chi connectivity index (χ2v) is 3.27. The fraction of sp³-hybridized carbons (Fsp3) is 0.333. The summed E-state index contributed by atoms with van der Waals surface area (Å²) in [6.45, 7) is 2.02. The molecule has 4 nitrogen and oxygen atoms in total. The molecule has 4 heteroatoms. The van der Waals surface area contributed by atoms with E-state index in [2.05, 4.69) is 0 Å². The Morgan fingerprint density at radius 1 is 1.50 bits per heavy atom. The fourth-order valence-corrected chi connectivity index (χ4v) is 1.33. The third-order valence-electron chi connectivity index (χ3n) is 2.13. The summed E-state index contributed by atoms with van der Waals surface area (Å²) in [5.41, 5.74) is 0.967. The van der Waals surface area contributed by atoms with Gasteiger partial charge in [-0.15, -0.1) is 0 Å². The lowest BCUT2D eigenvalue weighted by molar-refractivity contribution is -0.107. The molecule has 1 aromatic carbocycles. The molecule has 1 rings (SSSR count). The summed E-state index contributed by atoms with van der Waals surface area (Å²) in [5.74, 6) is -0.438. The van der Waals surface area contributed by atoms with Gasteiger partial charge in [0.1, 0.15) is 12.0 Å². The highest BCUT2D eigenvalue weighted by molar-refractivity contribution is 5.90. The van der Waals surface area contributed by atoms with Crippen molar-refractivity contribution < 1.29 is 19.4 Å². The number of benzene rings is 1. The Kier molecular flexibility index (Phi) is 4.51. The van der Waals surface area contributed by atoms with E-state index in [0.29, 0.717) is 30.6 Å². The molecule has 0 aliphatic rings. The smallest absolute Gasteiger partial charge is 0.338 e. The lowest BCUT2D eigenvalue weighted by Gasteiger charge is -2.05. The van der Waals surface area contributed by atoms with Crippen molar-refractivity contribution in [2.45, 2.75) is 19.8 Å². The Hall–Kier alpha value is -1.84. The van der Waals surface area contributed by atoms with Crippen LogP contribution < -0.4 is 0 Å². The SMILES string of the molecule is CCOC(=O)c1ccc(CCC=O)c(O)c1. The van der Waals surface area contributed by atoms with Gasteiger partial charge in [-0.2, -0.15) is 0 Å². The summed E-state index contributed by atoms with van der Waals surface area (Å²) < 4.78 is 4.80. The Morgan fingerprint density at radius 2 is 2.25 bits per heavy atom. The van der Waals surface area contributed by atoms with Crippen LogP contribution in [0.15, 0.2) is 18.2 Å². The van der Waals surface area contributed by atoms with Crippen LogP contribution in [0.25, 0.3) is 0 Å². The van der Waals surface area contributed by atoms with Crippen molar-refractivity contribution >= 4 is 12.3 Å². The van der Waals surface area contributed by atoms with Crippen LogP contribution in [-0.2, 0) is 16.0 Å². The average molecular weight is 222 g/mol. The Balaban J connectivity index is 2.81. The lowest BCUT2D eigenvalue weighted by atomic mass is 10.1. The third-order valence-corrected chi connectivity index (χ3v) is 2.13. The van der Waals surface area contributed by atoms with Crippen LogP contribution in [0.5, 0.6) is 5.75 Å². The molecule has 0 aliphatic heterocycles. The van der Waals surface area contributed by atoms with E-state index >= 15 is 0 Å². The highest BCUT2D eigenvalue weighted by atomic mass is 16.5. The van der Waals surface area contributed by atoms with Gasteiger partial charge in [-0.05, 0) is 31.0 Å². The van der Waals surface area contributed by atoms with Gasteiger partial charge < -0.3 is 14.6 Å². The number of aromatic hydroxyl groups is 1. The normalized spacial score (nSPS) is 9.81. The molecule has 0 spiro atoms. The molecule has 0 aromatic heterocycles. The summed E-state index contributed by atoms with van der Waals surface area (Å²) in [7, 11) is 0. The van der Waals surface area contributed by atoms with Crippen LogP contribution in [0.4, 0.5) is 0 Å². The van der Waals surface area contributed by atoms with Crippen LogP contribution in [0.3, 0.4) is 0 Å². The number of phenols is 1. The fourth-order valence-electron chi connectivity index (χ4n) is 1.33. The maximum atomic E-state index is 11.3. The Bertz CT molecular complexity index is 385. The van der Waals surface area contributed by atoms with Gasteiger partial charge in [0.15, 0.2) is 0 Å². The van der Waals surface area contributed by atoms with E-state index in [-0.39, 0.29) is 5.75 Å². The highest BCUT2D eigenvalue weighted by Crippen LogP contribution is 2.20. The summed E-state index contributed by atoms with van der Waals surface area (Å²) in [4.78, 5) is 21.5. The maximum Gasteiger partial charge on any atom is 0.338 e. The zero-order chi connectivity index (χ0) is 12.0. The molecule has 0 unspecified atom stereocenters. The largest absolute Gasteiger partial charge is 0.508 e. The Morgan fingerprint density at radius 3 is 2.81 bits per heavy atom. The van der Waals surface area contributed by atoms with Gasteiger partial charge in [0.2, 0.25) is 0 Å². The van der Waals surface area contributed by atoms with Crippen molar-refractivity contribution in [3.63, 3.8) is 0 Å². The van der Waals surface area contributed by atoms with Gasteiger partial charge in [-0.1, -0.05) is 6.07 Å². The predicted molar refractivity (Wildman–Crippen MR) is 58.4 cm³/mol. The molecule has 1 aromatic rings. The maximum absolute atomic E-state index is 11.3. The first-order valence-electron chi connectivity index (χ1n) is 5.11. The minimum Gasteiger partial charge on any atom is -0.508 e. The number of hydrogen-bond donors (Lipinski definition) is 1. The number of rotatable bonds is 5. The van der Waals surface area contributed by atoms with E-state index in [4.69, 9.17) is 4.74 Å². The number of aldehydes is 1. The molecule has 0 atom stereocenters. The van der Waals surface area contributed by atoms with E-state index in [9.17, 15) is 14.7 Å². The number of carbonyl (C=O) groups excluding carboxylic acids is 2. The van der Waals surface area contributed by atoms with Crippen LogP contribution in [-0.4, -0.2) is 24.0 Å². The van der Waals surface area contributed by atoms with E-state index < -0.39 is 5.97 Å². The number of aryl methyl sites for hydroxylation is 1.